The third-order valence-electron chi connectivity index (χ3n) is 6.19. The van der Waals surface area contributed by atoms with Gasteiger partial charge in [-0.3, -0.25) is 4.79 Å². The van der Waals surface area contributed by atoms with Gasteiger partial charge in [0.25, 0.3) is 5.91 Å². The minimum Gasteiger partial charge on any atom is -0.497 e. The molecule has 3 aromatic rings. The van der Waals surface area contributed by atoms with Crippen LogP contribution in [0.4, 0.5) is 0 Å². The van der Waals surface area contributed by atoms with Crippen LogP contribution in [0.2, 0.25) is 0 Å². The van der Waals surface area contributed by atoms with Crippen molar-refractivity contribution in [2.45, 2.75) is 38.8 Å². The van der Waals surface area contributed by atoms with Gasteiger partial charge >= 0.3 is 0 Å². The lowest BCUT2D eigenvalue weighted by Crippen LogP contribution is -2.23. The van der Waals surface area contributed by atoms with Crippen LogP contribution in [0.3, 0.4) is 0 Å². The van der Waals surface area contributed by atoms with E-state index in [2.05, 4.69) is 41.5 Å². The first-order chi connectivity index (χ1) is 16.6. The zero-order valence-corrected chi connectivity index (χ0v) is 20.2. The molecule has 0 radical (unpaired) electrons. The highest BCUT2D eigenvalue weighted by Crippen LogP contribution is 2.25. The molecule has 1 heterocycles. The molecule has 0 aromatic heterocycles. The molecular formula is C29H34N2O3. The number of methoxy groups -OCH3 is 1. The lowest BCUT2D eigenvalue weighted by atomic mass is 9.99. The van der Waals surface area contributed by atoms with Gasteiger partial charge in [0, 0.05) is 25.1 Å². The first kappa shape index (κ1) is 23.8. The Morgan fingerprint density at radius 3 is 2.74 bits per heavy atom. The van der Waals surface area contributed by atoms with Gasteiger partial charge in [-0.2, -0.15) is 0 Å². The fourth-order valence-corrected chi connectivity index (χ4v) is 4.36. The van der Waals surface area contributed by atoms with Gasteiger partial charge in [-0.15, -0.1) is 0 Å². The zero-order chi connectivity index (χ0) is 23.8. The second kappa shape index (κ2) is 11.7. The lowest BCUT2D eigenvalue weighted by Gasteiger charge is -2.19. The Hall–Kier alpha value is -3.31. The first-order valence-electron chi connectivity index (χ1n) is 12.0. The van der Waals surface area contributed by atoms with Crippen LogP contribution in [0.15, 0.2) is 66.7 Å². The molecule has 2 bridgehead atoms. The van der Waals surface area contributed by atoms with Crippen molar-refractivity contribution >= 4 is 5.91 Å². The summed E-state index contributed by atoms with van der Waals surface area (Å²) in [7, 11) is 3.82. The molecule has 178 valence electrons. The first-order valence-corrected chi connectivity index (χ1v) is 12.0. The molecule has 0 unspecified atom stereocenters. The molecule has 5 heteroatoms. The number of carbonyl (C=O) groups is 1. The number of hydrogen-bond donors (Lipinski definition) is 1. The van der Waals surface area contributed by atoms with Crippen molar-refractivity contribution in [2.24, 2.45) is 0 Å². The van der Waals surface area contributed by atoms with Crippen molar-refractivity contribution in [3.63, 3.8) is 0 Å². The van der Waals surface area contributed by atoms with Crippen molar-refractivity contribution in [1.29, 1.82) is 0 Å². The molecule has 3 aromatic carbocycles. The van der Waals surface area contributed by atoms with Crippen molar-refractivity contribution in [3.05, 3.63) is 94.5 Å². The van der Waals surface area contributed by atoms with E-state index in [0.717, 1.165) is 55.0 Å². The van der Waals surface area contributed by atoms with E-state index in [-0.39, 0.29) is 5.91 Å². The molecule has 34 heavy (non-hydrogen) atoms. The molecule has 0 aliphatic carbocycles. The van der Waals surface area contributed by atoms with Crippen LogP contribution in [-0.2, 0) is 19.5 Å². The van der Waals surface area contributed by atoms with E-state index in [1.807, 2.05) is 42.5 Å². The quantitative estimate of drug-likeness (QED) is 0.583. The van der Waals surface area contributed by atoms with Crippen LogP contribution in [0.1, 0.15) is 51.9 Å². The maximum atomic E-state index is 12.9. The van der Waals surface area contributed by atoms with Gasteiger partial charge in [-0.05, 0) is 85.4 Å². The van der Waals surface area contributed by atoms with Crippen molar-refractivity contribution in [2.75, 3.05) is 27.3 Å². The van der Waals surface area contributed by atoms with Crippen LogP contribution >= 0.6 is 0 Å². The topological polar surface area (TPSA) is 50.8 Å². The highest BCUT2D eigenvalue weighted by Gasteiger charge is 2.13. The maximum absolute atomic E-state index is 12.9. The van der Waals surface area contributed by atoms with Gasteiger partial charge in [0.05, 0.1) is 13.7 Å². The zero-order valence-electron chi connectivity index (χ0n) is 20.2. The number of carbonyl (C=O) groups excluding carboxylic acids is 1. The molecule has 1 amide bonds. The van der Waals surface area contributed by atoms with Crippen LogP contribution in [0, 0.1) is 0 Å². The lowest BCUT2D eigenvalue weighted by molar-refractivity contribution is 0.0950. The summed E-state index contributed by atoms with van der Waals surface area (Å²) in [4.78, 5) is 15.3. The summed E-state index contributed by atoms with van der Waals surface area (Å²) in [6, 6.07) is 22.2. The minimum atomic E-state index is -0.0969. The van der Waals surface area contributed by atoms with E-state index in [1.165, 1.54) is 17.5 Å². The Morgan fingerprint density at radius 2 is 1.85 bits per heavy atom. The fourth-order valence-electron chi connectivity index (χ4n) is 4.36. The number of hydrogen-bond acceptors (Lipinski definition) is 4. The van der Waals surface area contributed by atoms with Crippen LogP contribution in [-0.4, -0.2) is 38.1 Å². The maximum Gasteiger partial charge on any atom is 0.251 e. The van der Waals surface area contributed by atoms with Crippen LogP contribution < -0.4 is 14.8 Å². The molecule has 0 saturated carbocycles. The number of nitrogens with one attached hydrogen (secondary N) is 1. The summed E-state index contributed by atoms with van der Waals surface area (Å²) in [5, 5.41) is 3.03. The third kappa shape index (κ3) is 6.61. The van der Waals surface area contributed by atoms with Crippen molar-refractivity contribution in [3.8, 4) is 11.5 Å². The molecule has 4 rings (SSSR count). The molecule has 0 spiro atoms. The Morgan fingerprint density at radius 1 is 1.00 bits per heavy atom. The summed E-state index contributed by atoms with van der Waals surface area (Å²) >= 11 is 0. The van der Waals surface area contributed by atoms with E-state index < -0.39 is 0 Å². The molecular weight excluding hydrogens is 424 g/mol. The van der Waals surface area contributed by atoms with E-state index in [1.54, 1.807) is 7.11 Å². The molecule has 0 saturated heterocycles. The number of ether oxygens (including phenoxy) is 2. The normalized spacial score (nSPS) is 14.9. The van der Waals surface area contributed by atoms with Gasteiger partial charge in [0.2, 0.25) is 0 Å². The Balaban J connectivity index is 1.53. The standard InChI is InChI=1S/C29H34N2O3/c1-31-14-4-3-5-15-34-28-13-12-25(19-26(28)17-22-8-6-10-24(16-22)21-31)29(32)30-20-23-9-7-11-27(18-23)33-2/h6-13,16,18-19H,3-5,14-15,17,20-21H2,1-2H3,(H,30,32). The number of nitrogens with zero attached hydrogens (tertiary/aromatic N) is 1. The fraction of sp³-hybridized carbons (Fsp3) is 0.345. The van der Waals surface area contributed by atoms with Gasteiger partial charge in [-0.25, -0.2) is 0 Å². The molecule has 1 N–H and O–H groups in total. The molecule has 0 fully saturated rings. The molecule has 5 nitrogen and oxygen atoms in total. The SMILES string of the molecule is COc1cccc(CNC(=O)c2ccc3c(c2)Cc2cccc(c2)CN(C)CCCCCO3)c1. The van der Waals surface area contributed by atoms with Crippen molar-refractivity contribution < 1.29 is 14.3 Å². The van der Waals surface area contributed by atoms with Crippen LogP contribution in [0.25, 0.3) is 0 Å². The predicted octanol–water partition coefficient (Wildman–Crippen LogP) is 5.21. The summed E-state index contributed by atoms with van der Waals surface area (Å²) in [5.74, 6) is 1.55. The highest BCUT2D eigenvalue weighted by molar-refractivity contribution is 5.94. The summed E-state index contributed by atoms with van der Waals surface area (Å²) < 4.78 is 11.4. The largest absolute Gasteiger partial charge is 0.497 e. The summed E-state index contributed by atoms with van der Waals surface area (Å²) in [6.45, 7) is 3.18. The monoisotopic (exact) mass is 458 g/mol. The van der Waals surface area contributed by atoms with E-state index >= 15 is 0 Å². The van der Waals surface area contributed by atoms with Crippen molar-refractivity contribution in [1.82, 2.24) is 10.2 Å². The Bertz CT molecular complexity index is 1110. The second-order valence-electron chi connectivity index (χ2n) is 9.00. The predicted molar refractivity (Wildman–Crippen MR) is 136 cm³/mol. The summed E-state index contributed by atoms with van der Waals surface area (Å²) in [5.41, 5.74) is 5.21. The molecule has 0 atom stereocenters. The number of benzene rings is 3. The van der Waals surface area contributed by atoms with Gasteiger partial charge in [0.15, 0.2) is 0 Å². The van der Waals surface area contributed by atoms with Gasteiger partial charge < -0.3 is 19.7 Å². The Labute approximate surface area is 202 Å². The average Bonchev–Trinajstić information content (AvgIpc) is 2.85. The average molecular weight is 459 g/mol. The number of amides is 1. The van der Waals surface area contributed by atoms with E-state index in [9.17, 15) is 4.79 Å². The third-order valence-corrected chi connectivity index (χ3v) is 6.19. The number of fused-ring (bicyclic) bond motifs is 3. The second-order valence-corrected chi connectivity index (χ2v) is 9.00. The van der Waals surface area contributed by atoms with Gasteiger partial charge in [0.1, 0.15) is 11.5 Å². The number of rotatable bonds is 4. The van der Waals surface area contributed by atoms with Gasteiger partial charge in [-0.1, -0.05) is 36.4 Å². The smallest absolute Gasteiger partial charge is 0.251 e. The highest BCUT2D eigenvalue weighted by atomic mass is 16.5. The Kier molecular flexibility index (Phi) is 8.21. The molecule has 1 aliphatic rings. The summed E-state index contributed by atoms with van der Waals surface area (Å²) in [6.07, 6.45) is 4.06. The van der Waals surface area contributed by atoms with Crippen LogP contribution in [0.5, 0.6) is 11.5 Å². The molecule has 1 aliphatic heterocycles. The minimum absolute atomic E-state index is 0.0969. The van der Waals surface area contributed by atoms with E-state index in [4.69, 9.17) is 9.47 Å². The van der Waals surface area contributed by atoms with E-state index in [0.29, 0.717) is 18.7 Å².